The van der Waals surface area contributed by atoms with Crippen LogP contribution < -0.4 is 16.1 Å². The van der Waals surface area contributed by atoms with Crippen LogP contribution in [0.4, 0.5) is 10.1 Å². The number of aryl methyl sites for hydroxylation is 1. The van der Waals surface area contributed by atoms with Crippen LogP contribution in [0.5, 0.6) is 0 Å². The number of hydroxylamine groups is 1. The Labute approximate surface area is 198 Å². The Bertz CT molecular complexity index is 1110. The summed E-state index contributed by atoms with van der Waals surface area (Å²) in [5.74, 6) is -1.45. The first-order valence-corrected chi connectivity index (χ1v) is 11.4. The van der Waals surface area contributed by atoms with Crippen molar-refractivity contribution in [3.8, 4) is 0 Å². The Balaban J connectivity index is 1.46. The number of rotatable bonds is 10. The van der Waals surface area contributed by atoms with E-state index in [-0.39, 0.29) is 17.6 Å². The van der Waals surface area contributed by atoms with Crippen molar-refractivity contribution in [3.05, 3.63) is 52.1 Å². The van der Waals surface area contributed by atoms with Crippen LogP contribution in [0, 0.1) is 19.7 Å². The van der Waals surface area contributed by atoms with Crippen LogP contribution in [0.3, 0.4) is 0 Å². The van der Waals surface area contributed by atoms with E-state index in [2.05, 4.69) is 25.9 Å². The molecule has 2 amide bonds. The molecule has 1 aromatic carbocycles. The van der Waals surface area contributed by atoms with Gasteiger partial charge in [0.05, 0.1) is 5.57 Å². The highest BCUT2D eigenvalue weighted by atomic mass is 19.1. The minimum Gasteiger partial charge on any atom is -0.359 e. The summed E-state index contributed by atoms with van der Waals surface area (Å²) in [5.41, 5.74) is 7.79. The van der Waals surface area contributed by atoms with Crippen molar-refractivity contribution in [3.63, 3.8) is 0 Å². The summed E-state index contributed by atoms with van der Waals surface area (Å²) in [5, 5.41) is 6.22. The molecule has 34 heavy (non-hydrogen) atoms. The summed E-state index contributed by atoms with van der Waals surface area (Å²) in [4.78, 5) is 42.3. The fourth-order valence-corrected chi connectivity index (χ4v) is 3.95. The Morgan fingerprint density at radius 3 is 2.68 bits per heavy atom. The van der Waals surface area contributed by atoms with E-state index in [9.17, 15) is 18.8 Å². The summed E-state index contributed by atoms with van der Waals surface area (Å²) < 4.78 is 13.7. The standard InChI is InChI=1S/C25H31FN4O4/c1-15-21(14-27-11-7-5-4-6-8-24(32)30-34-17(3)31)16(2)28-23(15)13-20-19-12-18(26)9-10-22(19)29-25(20)33/h9-10,12-13,27-28H,4-8,11,14H2,1-3H3,(H,29,33)(H,30,32)/b20-13-. The largest absolute Gasteiger partial charge is 0.359 e. The van der Waals surface area contributed by atoms with Crippen molar-refractivity contribution in [2.45, 2.75) is 59.4 Å². The van der Waals surface area contributed by atoms with Crippen LogP contribution in [0.25, 0.3) is 11.6 Å². The molecule has 0 aliphatic carbocycles. The van der Waals surface area contributed by atoms with Crippen molar-refractivity contribution in [2.24, 2.45) is 0 Å². The number of benzene rings is 1. The molecule has 9 heteroatoms. The fraction of sp³-hybridized carbons (Fsp3) is 0.400. The molecule has 0 atom stereocenters. The number of carbonyl (C=O) groups excluding carboxylic acids is 3. The lowest BCUT2D eigenvalue weighted by molar-refractivity contribution is -0.156. The molecule has 0 spiro atoms. The van der Waals surface area contributed by atoms with Crippen molar-refractivity contribution in [2.75, 3.05) is 11.9 Å². The third kappa shape index (κ3) is 6.54. The zero-order chi connectivity index (χ0) is 24.7. The monoisotopic (exact) mass is 470 g/mol. The topological polar surface area (TPSA) is 112 Å². The van der Waals surface area contributed by atoms with Crippen LogP contribution in [-0.2, 0) is 25.8 Å². The zero-order valence-electron chi connectivity index (χ0n) is 19.8. The number of anilines is 1. The Hall–Kier alpha value is -3.46. The Morgan fingerprint density at radius 1 is 1.15 bits per heavy atom. The van der Waals surface area contributed by atoms with Crippen molar-refractivity contribution < 1.29 is 23.6 Å². The second kappa shape index (κ2) is 11.6. The first-order chi connectivity index (χ1) is 16.3. The first kappa shape index (κ1) is 25.2. The molecule has 0 radical (unpaired) electrons. The summed E-state index contributed by atoms with van der Waals surface area (Å²) in [6.45, 7) is 6.77. The first-order valence-electron chi connectivity index (χ1n) is 11.4. The molecule has 182 valence electrons. The van der Waals surface area contributed by atoms with E-state index in [1.807, 2.05) is 13.8 Å². The summed E-state index contributed by atoms with van der Waals surface area (Å²) >= 11 is 0. The fourth-order valence-electron chi connectivity index (χ4n) is 3.95. The van der Waals surface area contributed by atoms with Gasteiger partial charge in [-0.1, -0.05) is 12.8 Å². The van der Waals surface area contributed by atoms with Crippen molar-refractivity contribution >= 4 is 35.1 Å². The van der Waals surface area contributed by atoms with E-state index in [1.165, 1.54) is 19.1 Å². The number of aromatic nitrogens is 1. The van der Waals surface area contributed by atoms with Gasteiger partial charge in [0.2, 0.25) is 0 Å². The highest BCUT2D eigenvalue weighted by molar-refractivity contribution is 6.34. The minimum absolute atomic E-state index is 0.240. The smallest absolute Gasteiger partial charge is 0.329 e. The second-order valence-corrected chi connectivity index (χ2v) is 8.43. The van der Waals surface area contributed by atoms with Gasteiger partial charge in [-0.3, -0.25) is 14.4 Å². The average Bonchev–Trinajstić information content (AvgIpc) is 3.23. The molecule has 8 nitrogen and oxygen atoms in total. The number of amides is 2. The van der Waals surface area contributed by atoms with Gasteiger partial charge < -0.3 is 20.5 Å². The number of aromatic amines is 1. The number of unbranched alkanes of at least 4 members (excludes halogenated alkanes) is 3. The van der Waals surface area contributed by atoms with E-state index in [0.717, 1.165) is 54.7 Å². The molecule has 2 aromatic rings. The van der Waals surface area contributed by atoms with Gasteiger partial charge >= 0.3 is 5.97 Å². The molecule has 1 aliphatic rings. The molecule has 1 aromatic heterocycles. The van der Waals surface area contributed by atoms with Gasteiger partial charge in [-0.2, -0.15) is 5.48 Å². The molecule has 0 saturated carbocycles. The minimum atomic E-state index is -0.541. The van der Waals surface area contributed by atoms with Crippen molar-refractivity contribution in [1.29, 1.82) is 0 Å². The van der Waals surface area contributed by atoms with Gasteiger partial charge in [0.15, 0.2) is 0 Å². The lowest BCUT2D eigenvalue weighted by Crippen LogP contribution is -2.25. The van der Waals surface area contributed by atoms with Gasteiger partial charge in [-0.15, -0.1) is 0 Å². The zero-order valence-corrected chi connectivity index (χ0v) is 19.8. The lowest BCUT2D eigenvalue weighted by Gasteiger charge is -2.07. The van der Waals surface area contributed by atoms with Gasteiger partial charge in [0, 0.05) is 42.5 Å². The highest BCUT2D eigenvalue weighted by Gasteiger charge is 2.25. The normalized spacial score (nSPS) is 13.6. The van der Waals surface area contributed by atoms with Crippen LogP contribution in [0.15, 0.2) is 18.2 Å². The Kier molecular flexibility index (Phi) is 8.59. The maximum atomic E-state index is 13.7. The lowest BCUT2D eigenvalue weighted by atomic mass is 10.0. The van der Waals surface area contributed by atoms with E-state index < -0.39 is 5.97 Å². The average molecular weight is 471 g/mol. The number of fused-ring (bicyclic) bond motifs is 1. The quantitative estimate of drug-likeness (QED) is 0.239. The van der Waals surface area contributed by atoms with Gasteiger partial charge in [-0.05, 0) is 68.6 Å². The van der Waals surface area contributed by atoms with E-state index in [4.69, 9.17) is 0 Å². The molecule has 0 fully saturated rings. The van der Waals surface area contributed by atoms with Crippen LogP contribution in [-0.4, -0.2) is 29.3 Å². The molecule has 0 saturated heterocycles. The van der Waals surface area contributed by atoms with E-state index in [1.54, 1.807) is 12.1 Å². The maximum Gasteiger partial charge on any atom is 0.329 e. The Morgan fingerprint density at radius 2 is 1.91 bits per heavy atom. The molecule has 4 N–H and O–H groups in total. The third-order valence-corrected chi connectivity index (χ3v) is 5.80. The van der Waals surface area contributed by atoms with Crippen LogP contribution in [0.1, 0.15) is 67.1 Å². The number of nitrogens with one attached hydrogen (secondary N) is 4. The molecule has 2 heterocycles. The SMILES string of the molecule is CC(=O)ONC(=O)CCCCCCNCc1c(C)[nH]c(/C=C2\C(=O)Nc3ccc(F)cc32)c1C. The van der Waals surface area contributed by atoms with Gasteiger partial charge in [-0.25, -0.2) is 4.39 Å². The number of hydrogen-bond acceptors (Lipinski definition) is 5. The van der Waals surface area contributed by atoms with Crippen LogP contribution >= 0.6 is 0 Å². The molecule has 3 rings (SSSR count). The van der Waals surface area contributed by atoms with Crippen molar-refractivity contribution in [1.82, 2.24) is 15.8 Å². The van der Waals surface area contributed by atoms with Gasteiger partial charge in [0.1, 0.15) is 5.82 Å². The summed E-state index contributed by atoms with van der Waals surface area (Å²) in [6, 6.07) is 4.28. The highest BCUT2D eigenvalue weighted by Crippen LogP contribution is 2.34. The number of halogens is 1. The number of H-pyrrole nitrogens is 1. The molecule has 0 bridgehead atoms. The predicted molar refractivity (Wildman–Crippen MR) is 128 cm³/mol. The third-order valence-electron chi connectivity index (χ3n) is 5.80. The molecular weight excluding hydrogens is 439 g/mol. The predicted octanol–water partition coefficient (Wildman–Crippen LogP) is 3.90. The molecule has 0 unspecified atom stereocenters. The summed E-state index contributed by atoms with van der Waals surface area (Å²) in [6.07, 6.45) is 5.73. The van der Waals surface area contributed by atoms with E-state index in [0.29, 0.717) is 29.8 Å². The molecular formula is C25H31FN4O4. The number of carbonyl (C=O) groups is 3. The van der Waals surface area contributed by atoms with E-state index >= 15 is 0 Å². The molecule has 1 aliphatic heterocycles. The number of hydrogen-bond donors (Lipinski definition) is 4. The second-order valence-electron chi connectivity index (χ2n) is 8.43. The summed E-state index contributed by atoms with van der Waals surface area (Å²) in [7, 11) is 0. The maximum absolute atomic E-state index is 13.7. The van der Waals surface area contributed by atoms with Crippen LogP contribution in [0.2, 0.25) is 0 Å². The van der Waals surface area contributed by atoms with Gasteiger partial charge in [0.25, 0.3) is 11.8 Å².